The third kappa shape index (κ3) is 4.05. The zero-order valence-electron chi connectivity index (χ0n) is 11.4. The summed E-state index contributed by atoms with van der Waals surface area (Å²) in [4.78, 5) is 4.39. The number of pyridine rings is 1. The van der Waals surface area contributed by atoms with Crippen LogP contribution >= 0.6 is 27.5 Å². The molecule has 2 aromatic heterocycles. The average Bonchev–Trinajstić information content (AvgIpc) is 2.60. The molecule has 105 valence electrons. The second kappa shape index (κ2) is 5.95. The molecule has 0 bridgehead atoms. The van der Waals surface area contributed by atoms with Crippen LogP contribution in [-0.2, 0) is 11.5 Å². The van der Waals surface area contributed by atoms with Crippen LogP contribution in [-0.4, -0.2) is 24.2 Å². The normalized spacial score (nSPS) is 12.3. The minimum absolute atomic E-state index is 0.502. The zero-order valence-corrected chi connectivity index (χ0v) is 14.8. The van der Waals surface area contributed by atoms with Crippen LogP contribution < -0.4 is 0 Å². The highest BCUT2D eigenvalue weighted by molar-refractivity contribution is 9.10. The molecule has 0 aliphatic heterocycles. The SMILES string of the molecule is C[Si-](C)(C)CCOCn1cc(Cl)c2cc(Br)cnc21. The van der Waals surface area contributed by atoms with Gasteiger partial charge in [0.05, 0.1) is 5.02 Å². The summed E-state index contributed by atoms with van der Waals surface area (Å²) in [6.07, 6.45) is 3.65. The third-order valence-corrected chi connectivity index (χ3v) is 5.30. The van der Waals surface area contributed by atoms with Crippen molar-refractivity contribution < 1.29 is 4.74 Å². The maximum atomic E-state index is 6.20. The lowest BCUT2D eigenvalue weighted by atomic mass is 10.3. The lowest BCUT2D eigenvalue weighted by Gasteiger charge is -2.26. The quantitative estimate of drug-likeness (QED) is 0.567. The Hall–Kier alpha value is -0.363. The zero-order chi connectivity index (χ0) is 14.0. The molecule has 0 amide bonds. The summed E-state index contributed by atoms with van der Waals surface area (Å²) in [5, 5.41) is 1.66. The Morgan fingerprint density at radius 1 is 1.42 bits per heavy atom. The van der Waals surface area contributed by atoms with E-state index in [1.807, 2.05) is 16.8 Å². The predicted octanol–water partition coefficient (Wildman–Crippen LogP) is 4.76. The van der Waals surface area contributed by atoms with Crippen molar-refractivity contribution in [2.45, 2.75) is 32.4 Å². The molecule has 0 unspecified atom stereocenters. The molecule has 19 heavy (non-hydrogen) atoms. The fourth-order valence-corrected chi connectivity index (χ4v) is 3.09. The van der Waals surface area contributed by atoms with E-state index in [0.717, 1.165) is 22.1 Å². The van der Waals surface area contributed by atoms with Crippen LogP contribution in [0.5, 0.6) is 0 Å². The first-order valence-electron chi connectivity index (χ1n) is 6.24. The summed E-state index contributed by atoms with van der Waals surface area (Å²) in [5.41, 5.74) is 0.862. The molecule has 2 heterocycles. The Morgan fingerprint density at radius 2 is 2.16 bits per heavy atom. The van der Waals surface area contributed by atoms with Crippen molar-refractivity contribution in [3.8, 4) is 0 Å². The molecule has 0 aromatic carbocycles. The fraction of sp³-hybridized carbons (Fsp3) is 0.462. The molecule has 3 nitrogen and oxygen atoms in total. The van der Waals surface area contributed by atoms with Gasteiger partial charge in [-0.15, -0.1) is 14.1 Å². The second-order valence-electron chi connectivity index (χ2n) is 5.82. The standard InChI is InChI=1S/C13H18BrClN2OSi/c1-19(2,3)5-4-18-9-17-8-12(15)11-6-10(14)7-16-13(11)17/h6-8H,4-5,9H2,1-3H3/q-1. The van der Waals surface area contributed by atoms with Crippen molar-refractivity contribution in [3.63, 3.8) is 0 Å². The molecule has 0 N–H and O–H groups in total. The van der Waals surface area contributed by atoms with E-state index in [1.54, 1.807) is 6.20 Å². The number of aromatic nitrogens is 2. The van der Waals surface area contributed by atoms with E-state index in [2.05, 4.69) is 40.6 Å². The number of hydrogen-bond acceptors (Lipinski definition) is 2. The van der Waals surface area contributed by atoms with E-state index >= 15 is 0 Å². The Morgan fingerprint density at radius 3 is 2.84 bits per heavy atom. The molecule has 0 radical (unpaired) electrons. The summed E-state index contributed by atoms with van der Waals surface area (Å²) >= 11 is 9.61. The fourth-order valence-electron chi connectivity index (χ4n) is 1.74. The molecular weight excluding hydrogens is 344 g/mol. The van der Waals surface area contributed by atoms with Gasteiger partial charge < -0.3 is 9.30 Å². The molecule has 6 heteroatoms. The van der Waals surface area contributed by atoms with Crippen LogP contribution in [0.4, 0.5) is 0 Å². The summed E-state index contributed by atoms with van der Waals surface area (Å²) < 4.78 is 8.62. The van der Waals surface area contributed by atoms with Crippen molar-refractivity contribution in [1.82, 2.24) is 9.55 Å². The van der Waals surface area contributed by atoms with E-state index in [4.69, 9.17) is 16.3 Å². The van der Waals surface area contributed by atoms with Crippen LogP contribution in [0, 0.1) is 0 Å². The van der Waals surface area contributed by atoms with E-state index in [0.29, 0.717) is 11.8 Å². The van der Waals surface area contributed by atoms with E-state index in [-0.39, 0.29) is 0 Å². The molecule has 0 saturated heterocycles. The van der Waals surface area contributed by atoms with Gasteiger partial charge in [0.15, 0.2) is 0 Å². The monoisotopic (exact) mass is 360 g/mol. The molecular formula is C13H18BrClN2OSi-. The van der Waals surface area contributed by atoms with Gasteiger partial charge in [-0.1, -0.05) is 11.6 Å². The lowest BCUT2D eigenvalue weighted by molar-refractivity contribution is 0.0899. The van der Waals surface area contributed by atoms with Gasteiger partial charge in [-0.25, -0.2) is 4.98 Å². The van der Waals surface area contributed by atoms with Gasteiger partial charge in [-0.3, -0.25) is 0 Å². The summed E-state index contributed by atoms with van der Waals surface area (Å²) in [6, 6.07) is 3.14. The topological polar surface area (TPSA) is 27.1 Å². The summed E-state index contributed by atoms with van der Waals surface area (Å²) in [7, 11) is -1.03. The smallest absolute Gasteiger partial charge is 0.143 e. The number of halogens is 2. The van der Waals surface area contributed by atoms with Gasteiger partial charge >= 0.3 is 0 Å². The molecule has 2 rings (SSSR count). The van der Waals surface area contributed by atoms with E-state index in [1.165, 1.54) is 6.04 Å². The van der Waals surface area contributed by atoms with E-state index < -0.39 is 8.07 Å². The Kier molecular flexibility index (Phi) is 4.71. The minimum atomic E-state index is -1.03. The first-order chi connectivity index (χ1) is 8.87. The second-order valence-corrected chi connectivity index (χ2v) is 12.8. The van der Waals surface area contributed by atoms with Crippen LogP contribution in [0.2, 0.25) is 30.7 Å². The number of nitrogens with zero attached hydrogens (tertiary/aromatic N) is 2. The number of rotatable bonds is 5. The Bertz CT molecular complexity index is 580. The molecule has 0 atom stereocenters. The predicted molar refractivity (Wildman–Crippen MR) is 86.5 cm³/mol. The number of hydrogen-bond donors (Lipinski definition) is 0. The van der Waals surface area contributed by atoms with Crippen molar-refractivity contribution in [3.05, 3.63) is 28.0 Å². The van der Waals surface area contributed by atoms with Crippen molar-refractivity contribution >= 4 is 46.6 Å². The average molecular weight is 362 g/mol. The maximum Gasteiger partial charge on any atom is 0.143 e. The first-order valence-corrected chi connectivity index (χ1v) is 11.1. The summed E-state index contributed by atoms with van der Waals surface area (Å²) in [6.45, 7) is 8.33. The van der Waals surface area contributed by atoms with Gasteiger partial charge in [0.1, 0.15) is 12.4 Å². The highest BCUT2D eigenvalue weighted by Gasteiger charge is 2.09. The van der Waals surface area contributed by atoms with Crippen molar-refractivity contribution in [2.24, 2.45) is 0 Å². The van der Waals surface area contributed by atoms with Crippen molar-refractivity contribution in [2.75, 3.05) is 6.61 Å². The van der Waals surface area contributed by atoms with Crippen LogP contribution in [0.3, 0.4) is 0 Å². The Labute approximate surface area is 128 Å². The molecule has 2 aromatic rings. The van der Waals surface area contributed by atoms with Gasteiger partial charge in [0, 0.05) is 28.9 Å². The van der Waals surface area contributed by atoms with E-state index in [9.17, 15) is 0 Å². The van der Waals surface area contributed by atoms with Crippen LogP contribution in [0.1, 0.15) is 0 Å². The van der Waals surface area contributed by atoms with Gasteiger partial charge in [0.2, 0.25) is 0 Å². The lowest BCUT2D eigenvalue weighted by Crippen LogP contribution is -2.22. The van der Waals surface area contributed by atoms with Gasteiger partial charge in [-0.2, -0.15) is 19.6 Å². The molecule has 0 aliphatic carbocycles. The maximum absolute atomic E-state index is 6.20. The highest BCUT2D eigenvalue weighted by atomic mass is 79.9. The molecule has 0 spiro atoms. The van der Waals surface area contributed by atoms with Crippen LogP contribution in [0.25, 0.3) is 11.0 Å². The van der Waals surface area contributed by atoms with Gasteiger partial charge in [0.25, 0.3) is 0 Å². The van der Waals surface area contributed by atoms with Crippen molar-refractivity contribution in [1.29, 1.82) is 0 Å². The molecule has 0 fully saturated rings. The molecule has 0 saturated carbocycles. The minimum Gasteiger partial charge on any atom is -0.364 e. The highest BCUT2D eigenvalue weighted by Crippen LogP contribution is 2.26. The first kappa shape index (κ1) is 15.0. The Balaban J connectivity index is 2.05. The summed E-state index contributed by atoms with van der Waals surface area (Å²) in [5.74, 6) is 0. The number of fused-ring (bicyclic) bond motifs is 1. The number of ether oxygens (including phenoxy) is 1. The van der Waals surface area contributed by atoms with Crippen LogP contribution in [0.15, 0.2) is 22.9 Å². The molecule has 0 aliphatic rings. The van der Waals surface area contributed by atoms with Gasteiger partial charge in [-0.05, 0) is 22.0 Å². The third-order valence-electron chi connectivity index (χ3n) is 2.86. The largest absolute Gasteiger partial charge is 0.364 e.